The van der Waals surface area contributed by atoms with E-state index in [-0.39, 0.29) is 23.8 Å². The lowest BCUT2D eigenvalue weighted by atomic mass is 9.96. The fourth-order valence-electron chi connectivity index (χ4n) is 4.09. The van der Waals surface area contributed by atoms with Crippen LogP contribution in [0.3, 0.4) is 0 Å². The molecule has 0 radical (unpaired) electrons. The van der Waals surface area contributed by atoms with Crippen molar-refractivity contribution in [3.05, 3.63) is 34.9 Å². The molecule has 1 aromatic carbocycles. The molecule has 0 aromatic heterocycles. The van der Waals surface area contributed by atoms with Crippen LogP contribution in [0.15, 0.2) is 18.2 Å². The first-order valence-corrected chi connectivity index (χ1v) is 12.8. The number of hydrogen-bond donors (Lipinski definition) is 2. The van der Waals surface area contributed by atoms with Crippen LogP contribution in [0.4, 0.5) is 4.79 Å². The van der Waals surface area contributed by atoms with Crippen molar-refractivity contribution in [2.45, 2.75) is 112 Å². The second-order valence-corrected chi connectivity index (χ2v) is 11.1. The number of nitrogens with zero attached hydrogens (tertiary/aromatic N) is 1. The topological polar surface area (TPSA) is 87.7 Å². The summed E-state index contributed by atoms with van der Waals surface area (Å²) in [5.41, 5.74) is 2.12. The Labute approximate surface area is 212 Å². The largest absolute Gasteiger partial charge is 0.444 e. The van der Waals surface area contributed by atoms with E-state index in [0.717, 1.165) is 29.5 Å². The van der Waals surface area contributed by atoms with Crippen molar-refractivity contribution in [3.63, 3.8) is 0 Å². The minimum atomic E-state index is -0.816. The van der Waals surface area contributed by atoms with Gasteiger partial charge in [-0.2, -0.15) is 0 Å². The minimum Gasteiger partial charge on any atom is -0.444 e. The first-order valence-electron chi connectivity index (χ1n) is 12.8. The molecule has 0 fully saturated rings. The van der Waals surface area contributed by atoms with Gasteiger partial charge in [0.2, 0.25) is 11.8 Å². The Morgan fingerprint density at radius 1 is 1.00 bits per heavy atom. The lowest BCUT2D eigenvalue weighted by Gasteiger charge is -2.37. The van der Waals surface area contributed by atoms with Gasteiger partial charge in [0, 0.05) is 12.6 Å². The Morgan fingerprint density at radius 3 is 2.03 bits per heavy atom. The van der Waals surface area contributed by atoms with Gasteiger partial charge in [-0.3, -0.25) is 9.59 Å². The van der Waals surface area contributed by atoms with E-state index in [0.29, 0.717) is 13.0 Å². The molecule has 2 unspecified atom stereocenters. The van der Waals surface area contributed by atoms with Crippen molar-refractivity contribution < 1.29 is 19.1 Å². The lowest BCUT2D eigenvalue weighted by molar-refractivity contribution is -0.144. The smallest absolute Gasteiger partial charge is 0.408 e. The number of aryl methyl sites for hydroxylation is 2. The fraction of sp³-hybridized carbons (Fsp3) is 0.679. The van der Waals surface area contributed by atoms with Crippen LogP contribution in [0.1, 0.15) is 97.4 Å². The molecule has 1 aromatic rings. The number of alkyl carbamates (subject to hydrolysis) is 1. The van der Waals surface area contributed by atoms with Gasteiger partial charge < -0.3 is 20.3 Å². The van der Waals surface area contributed by atoms with Crippen LogP contribution >= 0.6 is 0 Å². The van der Waals surface area contributed by atoms with E-state index in [4.69, 9.17) is 4.74 Å². The van der Waals surface area contributed by atoms with E-state index in [9.17, 15) is 14.4 Å². The number of amides is 3. The highest BCUT2D eigenvalue weighted by Gasteiger charge is 2.38. The molecule has 0 heterocycles. The highest BCUT2D eigenvalue weighted by molar-refractivity contribution is 5.92. The molecule has 0 saturated heterocycles. The Hall–Kier alpha value is -2.57. The number of rotatable bonds is 11. The number of ether oxygens (including phenoxy) is 1. The van der Waals surface area contributed by atoms with E-state index < -0.39 is 23.8 Å². The molecule has 35 heavy (non-hydrogen) atoms. The number of nitrogens with one attached hydrogen (secondary N) is 2. The molecule has 1 rings (SSSR count). The van der Waals surface area contributed by atoms with Gasteiger partial charge in [0.15, 0.2) is 0 Å². The summed E-state index contributed by atoms with van der Waals surface area (Å²) < 4.78 is 5.43. The molecule has 0 aliphatic heterocycles. The van der Waals surface area contributed by atoms with Gasteiger partial charge in [-0.05, 0) is 72.8 Å². The summed E-state index contributed by atoms with van der Waals surface area (Å²) in [6.07, 6.45) is 1.60. The maximum Gasteiger partial charge on any atom is 0.408 e. The van der Waals surface area contributed by atoms with Crippen LogP contribution in [0.2, 0.25) is 0 Å². The summed E-state index contributed by atoms with van der Waals surface area (Å²) in [6, 6.07) is 4.05. The molecule has 0 aliphatic carbocycles. The number of carbonyl (C=O) groups is 3. The van der Waals surface area contributed by atoms with Crippen LogP contribution in [0.5, 0.6) is 0 Å². The number of benzene rings is 1. The minimum absolute atomic E-state index is 0.144. The van der Waals surface area contributed by atoms with Crippen molar-refractivity contribution in [2.24, 2.45) is 5.92 Å². The first kappa shape index (κ1) is 30.5. The summed E-state index contributed by atoms with van der Waals surface area (Å²) in [7, 11) is 0. The maximum absolute atomic E-state index is 14.0. The van der Waals surface area contributed by atoms with Gasteiger partial charge in [0.1, 0.15) is 17.7 Å². The van der Waals surface area contributed by atoms with Crippen molar-refractivity contribution in [2.75, 3.05) is 6.54 Å². The van der Waals surface area contributed by atoms with Crippen molar-refractivity contribution in [3.8, 4) is 0 Å². The van der Waals surface area contributed by atoms with Gasteiger partial charge in [0.05, 0.1) is 0 Å². The molecule has 0 aliphatic rings. The predicted octanol–water partition coefficient (Wildman–Crippen LogP) is 5.44. The van der Waals surface area contributed by atoms with E-state index in [1.165, 1.54) is 0 Å². The van der Waals surface area contributed by atoms with Crippen molar-refractivity contribution >= 4 is 17.9 Å². The van der Waals surface area contributed by atoms with Crippen molar-refractivity contribution in [1.29, 1.82) is 0 Å². The average Bonchev–Trinajstić information content (AvgIpc) is 2.68. The summed E-state index contributed by atoms with van der Waals surface area (Å²) in [4.78, 5) is 41.8. The molecule has 2 N–H and O–H groups in total. The second-order valence-electron chi connectivity index (χ2n) is 11.1. The third-order valence-electron chi connectivity index (χ3n) is 5.42. The molecule has 198 valence electrons. The zero-order valence-electron chi connectivity index (χ0n) is 23.5. The van der Waals surface area contributed by atoms with Crippen molar-refractivity contribution in [1.82, 2.24) is 15.5 Å². The molecule has 3 amide bonds. The monoisotopic (exact) mass is 489 g/mol. The zero-order chi connectivity index (χ0) is 26.9. The third kappa shape index (κ3) is 10.3. The summed E-state index contributed by atoms with van der Waals surface area (Å²) in [6.45, 7) is 19.7. The lowest BCUT2D eigenvalue weighted by Crippen LogP contribution is -2.55. The second kappa shape index (κ2) is 13.5. The van der Waals surface area contributed by atoms with Crippen LogP contribution < -0.4 is 10.6 Å². The molecular weight excluding hydrogens is 442 g/mol. The zero-order valence-corrected chi connectivity index (χ0v) is 23.5. The number of hydrogen-bond acceptors (Lipinski definition) is 4. The summed E-state index contributed by atoms with van der Waals surface area (Å²) in [5.74, 6) is -0.369. The Bertz CT molecular complexity index is 838. The standard InChI is InChI=1S/C28H47N3O4/c1-11-12-13-29-25(32)24(22-16-20(6)15-21(7)17-22)31(19(4)5)26(33)23(14-18(2)3)30-27(34)35-28(8,9)10/h15-19,23-24H,11-14H2,1-10H3,(H,29,32)(H,30,34). The molecule has 7 nitrogen and oxygen atoms in total. The highest BCUT2D eigenvalue weighted by atomic mass is 16.6. The van der Waals surface area contributed by atoms with E-state index in [1.54, 1.807) is 25.7 Å². The summed E-state index contributed by atoms with van der Waals surface area (Å²) >= 11 is 0. The molecule has 0 saturated carbocycles. The maximum atomic E-state index is 14.0. The average molecular weight is 490 g/mol. The van der Waals surface area contributed by atoms with Gasteiger partial charge in [-0.15, -0.1) is 0 Å². The van der Waals surface area contributed by atoms with Crippen LogP contribution in [-0.2, 0) is 14.3 Å². The van der Waals surface area contributed by atoms with Crippen LogP contribution in [-0.4, -0.2) is 47.0 Å². The fourth-order valence-corrected chi connectivity index (χ4v) is 4.09. The van der Waals surface area contributed by atoms with Crippen LogP contribution in [0, 0.1) is 19.8 Å². The van der Waals surface area contributed by atoms with Crippen LogP contribution in [0.25, 0.3) is 0 Å². The van der Waals surface area contributed by atoms with Gasteiger partial charge >= 0.3 is 6.09 Å². The van der Waals surface area contributed by atoms with Gasteiger partial charge in [-0.25, -0.2) is 4.79 Å². The first-order chi connectivity index (χ1) is 16.2. The number of carbonyl (C=O) groups excluding carboxylic acids is 3. The normalized spacial score (nSPS) is 13.4. The summed E-state index contributed by atoms with van der Waals surface area (Å²) in [5, 5.41) is 5.79. The highest BCUT2D eigenvalue weighted by Crippen LogP contribution is 2.27. The third-order valence-corrected chi connectivity index (χ3v) is 5.42. The Kier molecular flexibility index (Phi) is 11.7. The molecule has 7 heteroatoms. The predicted molar refractivity (Wildman–Crippen MR) is 141 cm³/mol. The molecule has 2 atom stereocenters. The molecular formula is C28H47N3O4. The quantitative estimate of drug-likeness (QED) is 0.405. The Balaban J connectivity index is 3.47. The van der Waals surface area contributed by atoms with Gasteiger partial charge in [0.25, 0.3) is 0 Å². The Morgan fingerprint density at radius 2 is 1.57 bits per heavy atom. The van der Waals surface area contributed by atoms with E-state index >= 15 is 0 Å². The van der Waals surface area contributed by atoms with E-state index in [1.807, 2.05) is 59.7 Å². The van der Waals surface area contributed by atoms with E-state index in [2.05, 4.69) is 17.6 Å². The number of unbranched alkanes of at least 4 members (excludes halogenated alkanes) is 1. The molecule has 0 bridgehead atoms. The SMILES string of the molecule is CCCCNC(=O)C(c1cc(C)cc(C)c1)N(C(=O)C(CC(C)C)NC(=O)OC(C)(C)C)C(C)C. The van der Waals surface area contributed by atoms with Gasteiger partial charge in [-0.1, -0.05) is 56.5 Å². The molecule has 0 spiro atoms.